The van der Waals surface area contributed by atoms with Gasteiger partial charge in [-0.05, 0) is 45.8 Å². The zero-order valence-electron chi connectivity index (χ0n) is 13.8. The smallest absolute Gasteiger partial charge is 0.0610 e. The lowest BCUT2D eigenvalue weighted by Gasteiger charge is -2.31. The number of nitrogens with one attached hydrogen (secondary N) is 1. The Kier molecular flexibility index (Phi) is 10.6. The van der Waals surface area contributed by atoms with Crippen LogP contribution in [0.5, 0.6) is 0 Å². The summed E-state index contributed by atoms with van der Waals surface area (Å²) in [6.45, 7) is 14.7. The summed E-state index contributed by atoms with van der Waals surface area (Å²) in [6.07, 6.45) is 6.04. The van der Waals surface area contributed by atoms with E-state index >= 15 is 0 Å². The van der Waals surface area contributed by atoms with Crippen LogP contribution in [0, 0.1) is 0 Å². The van der Waals surface area contributed by atoms with Crippen LogP contribution in [0.3, 0.4) is 0 Å². The highest BCUT2D eigenvalue weighted by Gasteiger charge is 2.23. The fourth-order valence-electron chi connectivity index (χ4n) is 2.55. The normalized spacial score (nSPS) is 15.2. The Morgan fingerprint density at radius 3 is 2.21 bits per heavy atom. The molecule has 2 N–H and O–H groups in total. The van der Waals surface area contributed by atoms with Crippen LogP contribution in [0.25, 0.3) is 0 Å². The van der Waals surface area contributed by atoms with Gasteiger partial charge >= 0.3 is 0 Å². The second-order valence-corrected chi connectivity index (χ2v) is 6.26. The second kappa shape index (κ2) is 10.6. The Balaban J connectivity index is 3.86. The van der Waals surface area contributed by atoms with Crippen molar-refractivity contribution in [3.05, 3.63) is 0 Å². The lowest BCUT2D eigenvalue weighted by molar-refractivity contribution is 0.152. The van der Waals surface area contributed by atoms with Crippen molar-refractivity contribution in [2.75, 3.05) is 26.2 Å². The molecule has 0 rings (SSSR count). The number of nitrogens with zero attached hydrogens (tertiary/aromatic N) is 1. The minimum atomic E-state index is -0.116. The van der Waals surface area contributed by atoms with Crippen LogP contribution in [0.4, 0.5) is 0 Å². The van der Waals surface area contributed by atoms with Crippen molar-refractivity contribution in [1.82, 2.24) is 10.2 Å². The molecule has 0 aliphatic carbocycles. The van der Waals surface area contributed by atoms with E-state index in [1.54, 1.807) is 0 Å². The minimum absolute atomic E-state index is 0.116. The number of hydrogen-bond donors (Lipinski definition) is 2. The van der Waals surface area contributed by atoms with E-state index in [0.717, 1.165) is 13.0 Å². The Labute approximate surface area is 120 Å². The molecule has 116 valence electrons. The second-order valence-electron chi connectivity index (χ2n) is 6.26. The summed E-state index contributed by atoms with van der Waals surface area (Å²) in [6, 6.07) is 0.425. The molecule has 0 bridgehead atoms. The van der Waals surface area contributed by atoms with Crippen LogP contribution in [0.15, 0.2) is 0 Å². The van der Waals surface area contributed by atoms with E-state index in [1.165, 1.54) is 38.8 Å². The zero-order chi connectivity index (χ0) is 14.7. The summed E-state index contributed by atoms with van der Waals surface area (Å²) in [5.41, 5.74) is -0.116. The molecule has 0 aromatic rings. The molecule has 1 atom stereocenters. The van der Waals surface area contributed by atoms with E-state index in [4.69, 9.17) is 0 Å². The van der Waals surface area contributed by atoms with Gasteiger partial charge in [0.15, 0.2) is 0 Å². The van der Waals surface area contributed by atoms with Crippen molar-refractivity contribution in [3.8, 4) is 0 Å². The molecule has 0 fully saturated rings. The Morgan fingerprint density at radius 2 is 1.74 bits per heavy atom. The molecule has 3 nitrogen and oxygen atoms in total. The minimum Gasteiger partial charge on any atom is -0.394 e. The fraction of sp³-hybridized carbons (Fsp3) is 1.00. The maximum absolute atomic E-state index is 9.53. The zero-order valence-corrected chi connectivity index (χ0v) is 13.8. The van der Waals surface area contributed by atoms with Gasteiger partial charge in [0, 0.05) is 11.6 Å². The van der Waals surface area contributed by atoms with Crippen LogP contribution >= 0.6 is 0 Å². The molecule has 0 saturated carbocycles. The molecule has 0 aromatic carbocycles. The van der Waals surface area contributed by atoms with Gasteiger partial charge in [0.2, 0.25) is 0 Å². The summed E-state index contributed by atoms with van der Waals surface area (Å²) in [5, 5.41) is 13.0. The number of aliphatic hydroxyl groups excluding tert-OH is 1. The summed E-state index contributed by atoms with van der Waals surface area (Å²) >= 11 is 0. The van der Waals surface area contributed by atoms with E-state index in [2.05, 4.69) is 44.8 Å². The summed E-state index contributed by atoms with van der Waals surface area (Å²) in [7, 11) is 0. The average Bonchev–Trinajstić information content (AvgIpc) is 2.37. The van der Waals surface area contributed by atoms with Gasteiger partial charge in [-0.2, -0.15) is 0 Å². The van der Waals surface area contributed by atoms with Crippen molar-refractivity contribution in [1.29, 1.82) is 0 Å². The lowest BCUT2D eigenvalue weighted by Crippen LogP contribution is -2.49. The van der Waals surface area contributed by atoms with Crippen LogP contribution in [0.2, 0.25) is 0 Å². The predicted molar refractivity (Wildman–Crippen MR) is 84.6 cm³/mol. The molecule has 0 aromatic heterocycles. The summed E-state index contributed by atoms with van der Waals surface area (Å²) in [5.74, 6) is 0. The van der Waals surface area contributed by atoms with Gasteiger partial charge in [-0.15, -0.1) is 0 Å². The van der Waals surface area contributed by atoms with Crippen molar-refractivity contribution >= 4 is 0 Å². The first kappa shape index (κ1) is 18.9. The first-order valence-electron chi connectivity index (χ1n) is 8.08. The molecule has 0 amide bonds. The third-order valence-corrected chi connectivity index (χ3v) is 3.71. The summed E-state index contributed by atoms with van der Waals surface area (Å²) < 4.78 is 0. The van der Waals surface area contributed by atoms with Crippen LogP contribution in [-0.2, 0) is 0 Å². The molecule has 0 aliphatic rings. The molecule has 0 aliphatic heterocycles. The maximum atomic E-state index is 9.53. The number of hydrogen-bond acceptors (Lipinski definition) is 3. The topological polar surface area (TPSA) is 35.5 Å². The number of rotatable bonds is 12. The average molecular weight is 272 g/mol. The Bertz CT molecular complexity index is 209. The van der Waals surface area contributed by atoms with E-state index in [0.29, 0.717) is 6.04 Å². The number of unbranched alkanes of at least 4 members (excludes halogenated alkanes) is 2. The largest absolute Gasteiger partial charge is 0.394 e. The van der Waals surface area contributed by atoms with Crippen molar-refractivity contribution in [2.24, 2.45) is 0 Å². The van der Waals surface area contributed by atoms with E-state index in [1.807, 2.05) is 0 Å². The SMILES string of the molecule is CCCCN(CC)CCCCC(C)(CO)NC(C)C. The molecule has 0 saturated heterocycles. The maximum Gasteiger partial charge on any atom is 0.0610 e. The third kappa shape index (κ3) is 9.42. The third-order valence-electron chi connectivity index (χ3n) is 3.71. The van der Waals surface area contributed by atoms with E-state index in [9.17, 15) is 5.11 Å². The monoisotopic (exact) mass is 272 g/mol. The van der Waals surface area contributed by atoms with Crippen LogP contribution in [0.1, 0.15) is 66.7 Å². The van der Waals surface area contributed by atoms with Gasteiger partial charge in [-0.3, -0.25) is 0 Å². The predicted octanol–water partition coefficient (Wildman–Crippen LogP) is 3.03. The Morgan fingerprint density at radius 1 is 1.11 bits per heavy atom. The van der Waals surface area contributed by atoms with Gasteiger partial charge in [-0.25, -0.2) is 0 Å². The molecule has 0 spiro atoms. The molecular formula is C16H36N2O. The van der Waals surface area contributed by atoms with E-state index < -0.39 is 0 Å². The Hall–Kier alpha value is -0.120. The van der Waals surface area contributed by atoms with Crippen LogP contribution in [-0.4, -0.2) is 47.8 Å². The first-order chi connectivity index (χ1) is 8.97. The highest BCUT2D eigenvalue weighted by molar-refractivity contribution is 4.83. The number of aliphatic hydroxyl groups is 1. The fourth-order valence-corrected chi connectivity index (χ4v) is 2.55. The van der Waals surface area contributed by atoms with Crippen LogP contribution < -0.4 is 5.32 Å². The van der Waals surface area contributed by atoms with Crippen molar-refractivity contribution in [2.45, 2.75) is 78.3 Å². The summed E-state index contributed by atoms with van der Waals surface area (Å²) in [4.78, 5) is 2.54. The molecule has 1 unspecified atom stereocenters. The van der Waals surface area contributed by atoms with Gasteiger partial charge in [0.1, 0.15) is 0 Å². The lowest BCUT2D eigenvalue weighted by atomic mass is 9.94. The molecule has 19 heavy (non-hydrogen) atoms. The van der Waals surface area contributed by atoms with E-state index in [-0.39, 0.29) is 12.1 Å². The molecule has 3 heteroatoms. The molecule has 0 heterocycles. The molecular weight excluding hydrogens is 236 g/mol. The quantitative estimate of drug-likeness (QED) is 0.536. The van der Waals surface area contributed by atoms with Gasteiger partial charge in [0.05, 0.1) is 6.61 Å². The first-order valence-corrected chi connectivity index (χ1v) is 8.08. The highest BCUT2D eigenvalue weighted by atomic mass is 16.3. The molecule has 0 radical (unpaired) electrons. The van der Waals surface area contributed by atoms with Gasteiger partial charge < -0.3 is 15.3 Å². The van der Waals surface area contributed by atoms with Gasteiger partial charge in [-0.1, -0.05) is 40.5 Å². The standard InChI is InChI=1S/C16H36N2O/c1-6-8-12-18(7-2)13-10-9-11-16(5,14-19)17-15(3)4/h15,17,19H,6-14H2,1-5H3. The van der Waals surface area contributed by atoms with Crippen molar-refractivity contribution < 1.29 is 5.11 Å². The van der Waals surface area contributed by atoms with Crippen molar-refractivity contribution in [3.63, 3.8) is 0 Å². The highest BCUT2D eigenvalue weighted by Crippen LogP contribution is 2.14. The van der Waals surface area contributed by atoms with Gasteiger partial charge in [0.25, 0.3) is 0 Å².